The molecule has 1 amide bonds. The predicted molar refractivity (Wildman–Crippen MR) is 138 cm³/mol. The highest BCUT2D eigenvalue weighted by molar-refractivity contribution is 7.17. The van der Waals surface area contributed by atoms with Crippen LogP contribution in [0.25, 0.3) is 17.4 Å². The van der Waals surface area contributed by atoms with Gasteiger partial charge in [-0.25, -0.2) is 4.79 Å². The van der Waals surface area contributed by atoms with Crippen molar-refractivity contribution < 1.29 is 18.7 Å². The maximum absolute atomic E-state index is 13.0. The second kappa shape index (κ2) is 10.7. The highest BCUT2D eigenvalue weighted by atomic mass is 35.5. The van der Waals surface area contributed by atoms with E-state index in [4.69, 9.17) is 32.4 Å². The van der Waals surface area contributed by atoms with E-state index in [1.54, 1.807) is 44.2 Å². The minimum absolute atomic E-state index is 0.169. The number of nitriles is 1. The van der Waals surface area contributed by atoms with Crippen molar-refractivity contribution in [1.82, 2.24) is 0 Å². The van der Waals surface area contributed by atoms with Crippen LogP contribution in [-0.4, -0.2) is 18.0 Å². The first-order valence-electron chi connectivity index (χ1n) is 11.1. The Balaban J connectivity index is 1.61. The molecule has 0 unspecified atom stereocenters. The van der Waals surface area contributed by atoms with E-state index in [9.17, 15) is 14.9 Å². The molecule has 9 heteroatoms. The number of fused-ring (bicyclic) bond motifs is 1. The van der Waals surface area contributed by atoms with E-state index in [1.807, 2.05) is 6.07 Å². The molecule has 0 aliphatic heterocycles. The molecule has 1 aliphatic carbocycles. The summed E-state index contributed by atoms with van der Waals surface area (Å²) in [6, 6.07) is 10.2. The first kappa shape index (κ1) is 25.1. The maximum atomic E-state index is 13.0. The average Bonchev–Trinajstić information content (AvgIpc) is 3.42. The van der Waals surface area contributed by atoms with Crippen molar-refractivity contribution in [2.45, 2.75) is 45.6 Å². The van der Waals surface area contributed by atoms with Gasteiger partial charge in [-0.15, -0.1) is 11.3 Å². The highest BCUT2D eigenvalue weighted by Gasteiger charge is 2.28. The fourth-order valence-electron chi connectivity index (χ4n) is 3.87. The summed E-state index contributed by atoms with van der Waals surface area (Å²) in [5.41, 5.74) is 1.75. The van der Waals surface area contributed by atoms with Crippen molar-refractivity contribution in [2.24, 2.45) is 0 Å². The first-order valence-corrected chi connectivity index (χ1v) is 12.7. The third-order valence-corrected chi connectivity index (χ3v) is 7.19. The van der Waals surface area contributed by atoms with Gasteiger partial charge in [0.15, 0.2) is 0 Å². The average molecular weight is 529 g/mol. The molecule has 0 fully saturated rings. The summed E-state index contributed by atoms with van der Waals surface area (Å²) in [5, 5.41) is 13.8. The summed E-state index contributed by atoms with van der Waals surface area (Å²) >= 11 is 13.7. The lowest BCUT2D eigenvalue weighted by Gasteiger charge is -2.14. The number of halogens is 2. The molecule has 2 heterocycles. The SMILES string of the molecule is CC(C)OC(=O)c1c(NC(=O)/C(C#N)=C/c2ccc(-c3cc(Cl)ccc3Cl)o2)sc2c1CCCC2. The molecular formula is C26H22Cl2N2O4S. The molecule has 0 saturated carbocycles. The summed E-state index contributed by atoms with van der Waals surface area (Å²) < 4.78 is 11.2. The molecule has 4 rings (SSSR count). The van der Waals surface area contributed by atoms with Crippen LogP contribution in [0, 0.1) is 11.3 Å². The number of carbonyl (C=O) groups excluding carboxylic acids is 2. The Morgan fingerprint density at radius 3 is 2.71 bits per heavy atom. The number of rotatable bonds is 6. The minimum atomic E-state index is -0.636. The normalized spacial score (nSPS) is 13.3. The summed E-state index contributed by atoms with van der Waals surface area (Å²) in [4.78, 5) is 26.9. The van der Waals surface area contributed by atoms with Crippen LogP contribution in [0.15, 0.2) is 40.3 Å². The van der Waals surface area contributed by atoms with Crippen molar-refractivity contribution in [2.75, 3.05) is 5.32 Å². The molecule has 35 heavy (non-hydrogen) atoms. The molecule has 180 valence electrons. The fourth-order valence-corrected chi connectivity index (χ4v) is 5.52. The van der Waals surface area contributed by atoms with Gasteiger partial charge < -0.3 is 14.5 Å². The third kappa shape index (κ3) is 5.62. The number of esters is 1. The summed E-state index contributed by atoms with van der Waals surface area (Å²) in [7, 11) is 0. The number of amides is 1. The topological polar surface area (TPSA) is 92.3 Å². The number of anilines is 1. The van der Waals surface area contributed by atoms with Gasteiger partial charge in [0, 0.05) is 21.5 Å². The van der Waals surface area contributed by atoms with Gasteiger partial charge in [0.2, 0.25) is 0 Å². The monoisotopic (exact) mass is 528 g/mol. The number of carbonyl (C=O) groups is 2. The molecule has 1 aromatic carbocycles. The van der Waals surface area contributed by atoms with Crippen LogP contribution in [0.5, 0.6) is 0 Å². The zero-order valence-corrected chi connectivity index (χ0v) is 21.4. The second-order valence-electron chi connectivity index (χ2n) is 8.32. The molecule has 6 nitrogen and oxygen atoms in total. The number of ether oxygens (including phenoxy) is 1. The van der Waals surface area contributed by atoms with Gasteiger partial charge >= 0.3 is 5.97 Å². The number of furan rings is 1. The summed E-state index contributed by atoms with van der Waals surface area (Å²) in [6.07, 6.45) is 4.66. The Morgan fingerprint density at radius 1 is 1.20 bits per heavy atom. The Labute approximate surface area is 217 Å². The van der Waals surface area contributed by atoms with Crippen LogP contribution in [0.3, 0.4) is 0 Å². The maximum Gasteiger partial charge on any atom is 0.341 e. The van der Waals surface area contributed by atoms with E-state index >= 15 is 0 Å². The number of aryl methyl sites for hydroxylation is 1. The number of benzene rings is 1. The van der Waals surface area contributed by atoms with Crippen molar-refractivity contribution in [3.63, 3.8) is 0 Å². The second-order valence-corrected chi connectivity index (χ2v) is 10.3. The lowest BCUT2D eigenvalue weighted by molar-refractivity contribution is -0.112. The summed E-state index contributed by atoms with van der Waals surface area (Å²) in [6.45, 7) is 3.55. The van der Waals surface area contributed by atoms with Gasteiger partial charge in [0.05, 0.1) is 16.7 Å². The van der Waals surface area contributed by atoms with Gasteiger partial charge in [-0.05, 0) is 75.4 Å². The summed E-state index contributed by atoms with van der Waals surface area (Å²) in [5.74, 6) is -0.353. The van der Waals surface area contributed by atoms with E-state index in [0.717, 1.165) is 36.1 Å². The third-order valence-electron chi connectivity index (χ3n) is 5.42. The van der Waals surface area contributed by atoms with E-state index in [2.05, 4.69) is 5.32 Å². The molecule has 0 saturated heterocycles. The lowest BCUT2D eigenvalue weighted by atomic mass is 9.95. The Hall–Kier alpha value is -3.05. The van der Waals surface area contributed by atoms with Crippen LogP contribution in [0.2, 0.25) is 10.0 Å². The van der Waals surface area contributed by atoms with E-state index in [-0.39, 0.29) is 11.7 Å². The lowest BCUT2D eigenvalue weighted by Crippen LogP contribution is -2.18. The number of nitrogens with zero attached hydrogens (tertiary/aromatic N) is 1. The van der Waals surface area contributed by atoms with Crippen molar-refractivity contribution in [3.05, 3.63) is 67.7 Å². The predicted octanol–water partition coefficient (Wildman–Crippen LogP) is 7.30. The van der Waals surface area contributed by atoms with Crippen molar-refractivity contribution in [3.8, 4) is 17.4 Å². The van der Waals surface area contributed by atoms with Crippen LogP contribution >= 0.6 is 34.5 Å². The number of hydrogen-bond acceptors (Lipinski definition) is 6. The minimum Gasteiger partial charge on any atom is -0.459 e. The van der Waals surface area contributed by atoms with Gasteiger partial charge in [-0.2, -0.15) is 5.26 Å². The van der Waals surface area contributed by atoms with E-state index in [1.165, 1.54) is 17.4 Å². The molecule has 2 aromatic heterocycles. The molecule has 3 aromatic rings. The van der Waals surface area contributed by atoms with E-state index in [0.29, 0.717) is 37.7 Å². The van der Waals surface area contributed by atoms with Gasteiger partial charge in [0.25, 0.3) is 5.91 Å². The molecule has 1 aliphatic rings. The Bertz CT molecular complexity index is 1360. The molecular weight excluding hydrogens is 507 g/mol. The van der Waals surface area contributed by atoms with Gasteiger partial charge in [0.1, 0.15) is 28.2 Å². The molecule has 0 spiro atoms. The smallest absolute Gasteiger partial charge is 0.341 e. The van der Waals surface area contributed by atoms with Crippen LogP contribution in [0.1, 0.15) is 53.2 Å². The molecule has 0 atom stereocenters. The molecule has 0 radical (unpaired) electrons. The van der Waals surface area contributed by atoms with Crippen LogP contribution in [-0.2, 0) is 22.4 Å². The van der Waals surface area contributed by atoms with Gasteiger partial charge in [-0.3, -0.25) is 4.79 Å². The van der Waals surface area contributed by atoms with Gasteiger partial charge in [-0.1, -0.05) is 23.2 Å². The zero-order valence-electron chi connectivity index (χ0n) is 19.1. The van der Waals surface area contributed by atoms with Crippen LogP contribution in [0.4, 0.5) is 5.00 Å². The first-order chi connectivity index (χ1) is 16.8. The molecule has 0 bridgehead atoms. The van der Waals surface area contributed by atoms with Crippen LogP contribution < -0.4 is 5.32 Å². The van der Waals surface area contributed by atoms with E-state index < -0.39 is 11.9 Å². The largest absolute Gasteiger partial charge is 0.459 e. The number of thiophene rings is 1. The Morgan fingerprint density at radius 2 is 1.97 bits per heavy atom. The quantitative estimate of drug-likeness (QED) is 0.205. The van der Waals surface area contributed by atoms with Crippen molar-refractivity contribution in [1.29, 1.82) is 5.26 Å². The highest BCUT2D eigenvalue weighted by Crippen LogP contribution is 2.39. The fraction of sp³-hybridized carbons (Fsp3) is 0.269. The Kier molecular flexibility index (Phi) is 7.66. The molecule has 1 N–H and O–H groups in total. The van der Waals surface area contributed by atoms with Crippen molar-refractivity contribution >= 4 is 57.5 Å². The standard InChI is InChI=1S/C26H22Cl2N2O4S/c1-14(2)33-26(32)23-18-5-3-4-6-22(18)35-25(23)30-24(31)15(13-29)11-17-8-10-21(34-17)19-12-16(27)7-9-20(19)28/h7-12,14H,3-6H2,1-2H3,(H,30,31)/b15-11+. The number of nitrogens with one attached hydrogen (secondary N) is 1. The zero-order chi connectivity index (χ0) is 25.1. The number of hydrogen-bond donors (Lipinski definition) is 1.